The third-order valence-electron chi connectivity index (χ3n) is 3.40. The summed E-state index contributed by atoms with van der Waals surface area (Å²) in [5.74, 6) is 0. The Hall–Kier alpha value is -1.02. The van der Waals surface area contributed by atoms with E-state index in [-0.39, 0.29) is 0 Å². The summed E-state index contributed by atoms with van der Waals surface area (Å²) in [4.78, 5) is 2.44. The molecule has 1 rings (SSSR count). The van der Waals surface area contributed by atoms with E-state index in [2.05, 4.69) is 43.0 Å². The smallest absolute Gasteiger partial charge is 0.0431 e. The van der Waals surface area contributed by atoms with Gasteiger partial charge in [-0.05, 0) is 43.9 Å². The van der Waals surface area contributed by atoms with Gasteiger partial charge in [0.25, 0.3) is 0 Å². The van der Waals surface area contributed by atoms with E-state index < -0.39 is 0 Å². The summed E-state index contributed by atoms with van der Waals surface area (Å²) in [5, 5.41) is 8.75. The number of anilines is 1. The highest BCUT2D eigenvalue weighted by Crippen LogP contribution is 2.17. The Morgan fingerprint density at radius 2 is 1.83 bits per heavy atom. The Balaban J connectivity index is 2.44. The Morgan fingerprint density at radius 3 is 2.50 bits per heavy atom. The molecule has 0 aliphatic rings. The second kappa shape index (κ2) is 8.98. The van der Waals surface area contributed by atoms with Crippen LogP contribution >= 0.6 is 0 Å². The van der Waals surface area contributed by atoms with Crippen LogP contribution in [0.3, 0.4) is 0 Å². The number of hydrogen-bond donors (Lipinski definition) is 1. The zero-order valence-electron chi connectivity index (χ0n) is 11.9. The molecule has 102 valence electrons. The van der Waals surface area contributed by atoms with E-state index in [0.29, 0.717) is 6.61 Å². The van der Waals surface area contributed by atoms with Gasteiger partial charge in [-0.3, -0.25) is 0 Å². The third kappa shape index (κ3) is 5.09. The normalized spacial score (nSPS) is 10.6. The predicted molar refractivity (Wildman–Crippen MR) is 79.3 cm³/mol. The number of aryl methyl sites for hydroxylation is 1. The Kier molecular flexibility index (Phi) is 7.51. The first-order chi connectivity index (χ1) is 8.81. The molecule has 1 N–H and O–H groups in total. The summed E-state index contributed by atoms with van der Waals surface area (Å²) in [6.07, 6.45) is 5.61. The topological polar surface area (TPSA) is 23.5 Å². The molecule has 0 radical (unpaired) electrons. The average Bonchev–Trinajstić information content (AvgIpc) is 2.43. The van der Waals surface area contributed by atoms with Crippen molar-refractivity contribution < 1.29 is 5.11 Å². The number of benzene rings is 1. The minimum absolute atomic E-state index is 0.329. The molecule has 18 heavy (non-hydrogen) atoms. The minimum Gasteiger partial charge on any atom is -0.396 e. The fraction of sp³-hybridized carbons (Fsp3) is 0.625. The van der Waals surface area contributed by atoms with Gasteiger partial charge in [-0.1, -0.05) is 31.9 Å². The lowest BCUT2D eigenvalue weighted by molar-refractivity contribution is 0.282. The van der Waals surface area contributed by atoms with Gasteiger partial charge in [0, 0.05) is 25.4 Å². The SMILES string of the molecule is CCc1cccc(N(CC)CCCCCCO)c1. The van der Waals surface area contributed by atoms with Crippen LogP contribution in [0.4, 0.5) is 5.69 Å². The van der Waals surface area contributed by atoms with Gasteiger partial charge >= 0.3 is 0 Å². The molecule has 0 heterocycles. The van der Waals surface area contributed by atoms with Crippen molar-refractivity contribution in [3.8, 4) is 0 Å². The van der Waals surface area contributed by atoms with Crippen molar-refractivity contribution in [2.24, 2.45) is 0 Å². The van der Waals surface area contributed by atoms with Gasteiger partial charge in [0.1, 0.15) is 0 Å². The molecule has 0 aliphatic carbocycles. The molecule has 0 aromatic heterocycles. The molecule has 0 amide bonds. The van der Waals surface area contributed by atoms with Crippen molar-refractivity contribution in [1.29, 1.82) is 0 Å². The zero-order chi connectivity index (χ0) is 13.2. The first-order valence-corrected chi connectivity index (χ1v) is 7.26. The van der Waals surface area contributed by atoms with Crippen LogP contribution in [0.2, 0.25) is 0 Å². The summed E-state index contributed by atoms with van der Waals surface area (Å²) in [7, 11) is 0. The number of aliphatic hydroxyl groups is 1. The van der Waals surface area contributed by atoms with Crippen LogP contribution in [-0.2, 0) is 6.42 Å². The van der Waals surface area contributed by atoms with E-state index in [0.717, 1.165) is 32.4 Å². The van der Waals surface area contributed by atoms with Crippen molar-refractivity contribution in [2.75, 3.05) is 24.6 Å². The Bertz CT molecular complexity index is 325. The van der Waals surface area contributed by atoms with Gasteiger partial charge in [0.15, 0.2) is 0 Å². The summed E-state index contributed by atoms with van der Waals surface area (Å²) < 4.78 is 0. The molecule has 0 saturated carbocycles. The quantitative estimate of drug-likeness (QED) is 0.676. The lowest BCUT2D eigenvalue weighted by atomic mass is 10.1. The summed E-state index contributed by atoms with van der Waals surface area (Å²) >= 11 is 0. The third-order valence-corrected chi connectivity index (χ3v) is 3.40. The lowest BCUT2D eigenvalue weighted by Crippen LogP contribution is -2.23. The summed E-state index contributed by atoms with van der Waals surface area (Å²) in [5.41, 5.74) is 2.75. The number of unbranched alkanes of at least 4 members (excludes halogenated alkanes) is 3. The molecule has 0 saturated heterocycles. The molecule has 1 aromatic rings. The lowest BCUT2D eigenvalue weighted by Gasteiger charge is -2.23. The van der Waals surface area contributed by atoms with E-state index in [1.54, 1.807) is 0 Å². The molecular weight excluding hydrogens is 222 g/mol. The molecule has 0 unspecified atom stereocenters. The van der Waals surface area contributed by atoms with Gasteiger partial charge in [0.05, 0.1) is 0 Å². The van der Waals surface area contributed by atoms with Crippen molar-refractivity contribution in [2.45, 2.75) is 46.0 Å². The van der Waals surface area contributed by atoms with Crippen LogP contribution in [0.25, 0.3) is 0 Å². The number of rotatable bonds is 9. The highest BCUT2D eigenvalue weighted by atomic mass is 16.2. The molecule has 0 bridgehead atoms. The average molecular weight is 249 g/mol. The van der Waals surface area contributed by atoms with Crippen molar-refractivity contribution in [3.05, 3.63) is 29.8 Å². The van der Waals surface area contributed by atoms with Crippen LogP contribution < -0.4 is 4.90 Å². The van der Waals surface area contributed by atoms with E-state index in [9.17, 15) is 0 Å². The fourth-order valence-corrected chi connectivity index (χ4v) is 2.21. The fourth-order valence-electron chi connectivity index (χ4n) is 2.21. The maximum absolute atomic E-state index is 8.75. The second-order valence-corrected chi connectivity index (χ2v) is 4.74. The van der Waals surface area contributed by atoms with Crippen LogP contribution in [0.1, 0.15) is 45.1 Å². The van der Waals surface area contributed by atoms with Crippen LogP contribution in [0.5, 0.6) is 0 Å². The zero-order valence-corrected chi connectivity index (χ0v) is 11.9. The van der Waals surface area contributed by atoms with Crippen molar-refractivity contribution in [3.63, 3.8) is 0 Å². The number of hydrogen-bond acceptors (Lipinski definition) is 2. The summed E-state index contributed by atoms with van der Waals surface area (Å²) in [6, 6.07) is 8.86. The van der Waals surface area contributed by atoms with E-state index in [1.165, 1.54) is 24.1 Å². The number of nitrogens with zero attached hydrogens (tertiary/aromatic N) is 1. The van der Waals surface area contributed by atoms with Gasteiger partial charge < -0.3 is 10.0 Å². The van der Waals surface area contributed by atoms with Crippen LogP contribution in [-0.4, -0.2) is 24.8 Å². The molecule has 0 aliphatic heterocycles. The van der Waals surface area contributed by atoms with Crippen molar-refractivity contribution in [1.82, 2.24) is 0 Å². The highest BCUT2D eigenvalue weighted by Gasteiger charge is 2.04. The van der Waals surface area contributed by atoms with E-state index in [1.807, 2.05) is 0 Å². The Labute approximate surface area is 112 Å². The predicted octanol–water partition coefficient (Wildman–Crippen LogP) is 3.63. The van der Waals surface area contributed by atoms with E-state index in [4.69, 9.17) is 5.11 Å². The minimum atomic E-state index is 0.329. The first-order valence-electron chi connectivity index (χ1n) is 7.26. The van der Waals surface area contributed by atoms with E-state index >= 15 is 0 Å². The summed E-state index contributed by atoms with van der Waals surface area (Å²) in [6.45, 7) is 6.93. The van der Waals surface area contributed by atoms with Gasteiger partial charge in [-0.25, -0.2) is 0 Å². The largest absolute Gasteiger partial charge is 0.396 e. The maximum atomic E-state index is 8.75. The molecule has 0 spiro atoms. The van der Waals surface area contributed by atoms with Gasteiger partial charge in [-0.2, -0.15) is 0 Å². The van der Waals surface area contributed by atoms with Gasteiger partial charge in [0.2, 0.25) is 0 Å². The first kappa shape index (κ1) is 15.0. The molecule has 2 heteroatoms. The maximum Gasteiger partial charge on any atom is 0.0431 e. The molecule has 0 atom stereocenters. The molecule has 1 aromatic carbocycles. The van der Waals surface area contributed by atoms with Crippen molar-refractivity contribution >= 4 is 5.69 Å². The van der Waals surface area contributed by atoms with Crippen LogP contribution in [0, 0.1) is 0 Å². The van der Waals surface area contributed by atoms with Gasteiger partial charge in [-0.15, -0.1) is 0 Å². The molecule has 2 nitrogen and oxygen atoms in total. The monoisotopic (exact) mass is 249 g/mol. The standard InChI is InChI=1S/C16H27NO/c1-3-15-10-9-11-16(14-15)17(4-2)12-7-5-6-8-13-18/h9-11,14,18H,3-8,12-13H2,1-2H3. The molecule has 0 fully saturated rings. The second-order valence-electron chi connectivity index (χ2n) is 4.74. The Morgan fingerprint density at radius 1 is 1.06 bits per heavy atom. The highest BCUT2D eigenvalue weighted by molar-refractivity contribution is 5.48. The molecular formula is C16H27NO. The van der Waals surface area contributed by atoms with Crippen LogP contribution in [0.15, 0.2) is 24.3 Å². The number of aliphatic hydroxyl groups excluding tert-OH is 1.